The van der Waals surface area contributed by atoms with Crippen LogP contribution in [0.3, 0.4) is 0 Å². The number of nitrogens with zero attached hydrogens (tertiary/aromatic N) is 4. The fourth-order valence-corrected chi connectivity index (χ4v) is 3.96. The normalized spacial score (nSPS) is 12.3. The van der Waals surface area contributed by atoms with Crippen molar-refractivity contribution in [2.24, 2.45) is 0 Å². The lowest BCUT2D eigenvalue weighted by atomic mass is 9.79. The third kappa shape index (κ3) is 4.40. The molecule has 4 heterocycles. The Morgan fingerprint density at radius 1 is 1.35 bits per heavy atom. The van der Waals surface area contributed by atoms with E-state index >= 15 is 4.39 Å². The minimum atomic E-state index is -1.06. The largest absolute Gasteiger partial charge is 0.481 e. The Bertz CT molecular complexity index is 1410. The van der Waals surface area contributed by atoms with Crippen molar-refractivity contribution >= 4 is 34.4 Å². The number of nitrogens with one attached hydrogen (secondary N) is 2. The van der Waals surface area contributed by atoms with Gasteiger partial charge in [-0.25, -0.2) is 14.4 Å². The number of nitriles is 1. The molecule has 0 unspecified atom stereocenters. The molecule has 4 aromatic heterocycles. The van der Waals surface area contributed by atoms with E-state index in [0.717, 1.165) is 6.07 Å². The van der Waals surface area contributed by atoms with Gasteiger partial charge in [0, 0.05) is 46.7 Å². The van der Waals surface area contributed by atoms with E-state index in [9.17, 15) is 15.2 Å². The van der Waals surface area contributed by atoms with Crippen molar-refractivity contribution in [1.29, 1.82) is 5.26 Å². The molecular formula is C24H20ClFN6O2. The Labute approximate surface area is 199 Å². The number of aromatic amines is 1. The summed E-state index contributed by atoms with van der Waals surface area (Å²) in [5.74, 6) is -2.01. The zero-order chi connectivity index (χ0) is 24.5. The number of fused-ring (bicyclic) bond motifs is 1. The van der Waals surface area contributed by atoms with E-state index in [2.05, 4.69) is 25.3 Å². The molecular weight excluding hydrogens is 459 g/mol. The number of rotatable bonds is 7. The molecule has 3 N–H and O–H groups in total. The molecule has 0 fully saturated rings. The van der Waals surface area contributed by atoms with Crippen LogP contribution in [0.5, 0.6) is 0 Å². The van der Waals surface area contributed by atoms with E-state index in [1.165, 1.54) is 6.20 Å². The lowest BCUT2D eigenvalue weighted by molar-refractivity contribution is -0.137. The highest BCUT2D eigenvalue weighted by atomic mass is 35.5. The smallest absolute Gasteiger partial charge is 0.305 e. The van der Waals surface area contributed by atoms with Gasteiger partial charge in [-0.2, -0.15) is 5.26 Å². The van der Waals surface area contributed by atoms with Gasteiger partial charge in [0.2, 0.25) is 0 Å². The van der Waals surface area contributed by atoms with Crippen LogP contribution in [-0.4, -0.2) is 37.1 Å². The number of aromatic nitrogens is 4. The number of carboxylic acids is 1. The quantitative estimate of drug-likeness (QED) is 0.344. The van der Waals surface area contributed by atoms with Crippen LogP contribution in [-0.2, 0) is 10.2 Å². The van der Waals surface area contributed by atoms with Gasteiger partial charge in [-0.15, -0.1) is 0 Å². The van der Waals surface area contributed by atoms with Crippen molar-refractivity contribution in [3.63, 3.8) is 0 Å². The standard InChI is InChI=1S/C24H20ClFN6O2/c1-24(2,18-5-3-4-6-28-18)19(9-20(33)34)31-23-17(26)7-13(10-27)21(32-23)16-12-30-22-15(16)8-14(25)11-29-22/h3-8,11-12,19H,9H2,1-2H3,(H,29,30)(H,31,32)(H,33,34)/t19-/m0/s1. The van der Waals surface area contributed by atoms with Crippen molar-refractivity contribution in [3.05, 3.63) is 71.0 Å². The van der Waals surface area contributed by atoms with Gasteiger partial charge in [0.05, 0.1) is 22.7 Å². The molecule has 0 aromatic carbocycles. The lowest BCUT2D eigenvalue weighted by Crippen LogP contribution is -2.42. The van der Waals surface area contributed by atoms with Gasteiger partial charge in [0.25, 0.3) is 0 Å². The second-order valence-electron chi connectivity index (χ2n) is 8.31. The van der Waals surface area contributed by atoms with E-state index in [4.69, 9.17) is 11.6 Å². The maximum absolute atomic E-state index is 15.0. The number of carboxylic acid groups (broad SMARTS) is 1. The minimum Gasteiger partial charge on any atom is -0.481 e. The van der Waals surface area contributed by atoms with Crippen LogP contribution in [0.1, 0.15) is 31.5 Å². The topological polar surface area (TPSA) is 128 Å². The van der Waals surface area contributed by atoms with E-state index in [1.807, 2.05) is 19.9 Å². The Hall–Kier alpha value is -4.03. The van der Waals surface area contributed by atoms with Crippen LogP contribution < -0.4 is 5.32 Å². The number of hydrogen-bond acceptors (Lipinski definition) is 6. The van der Waals surface area contributed by atoms with E-state index < -0.39 is 23.2 Å². The highest BCUT2D eigenvalue weighted by Gasteiger charge is 2.35. The molecule has 0 saturated carbocycles. The molecule has 34 heavy (non-hydrogen) atoms. The highest BCUT2D eigenvalue weighted by molar-refractivity contribution is 6.31. The molecule has 0 spiro atoms. The predicted molar refractivity (Wildman–Crippen MR) is 126 cm³/mol. The van der Waals surface area contributed by atoms with Crippen molar-refractivity contribution in [1.82, 2.24) is 19.9 Å². The molecule has 8 nitrogen and oxygen atoms in total. The number of carbonyl (C=O) groups is 1. The molecule has 0 amide bonds. The van der Waals surface area contributed by atoms with Gasteiger partial charge < -0.3 is 15.4 Å². The van der Waals surface area contributed by atoms with Crippen LogP contribution in [0, 0.1) is 17.1 Å². The summed E-state index contributed by atoms with van der Waals surface area (Å²) in [5, 5.41) is 23.1. The monoisotopic (exact) mass is 478 g/mol. The van der Waals surface area contributed by atoms with Gasteiger partial charge in [-0.05, 0) is 24.3 Å². The van der Waals surface area contributed by atoms with Crippen molar-refractivity contribution in [2.45, 2.75) is 31.7 Å². The fourth-order valence-electron chi connectivity index (χ4n) is 3.80. The Balaban J connectivity index is 1.81. The number of anilines is 1. The molecule has 0 aliphatic heterocycles. The average molecular weight is 479 g/mol. The summed E-state index contributed by atoms with van der Waals surface area (Å²) in [4.78, 5) is 27.6. The highest BCUT2D eigenvalue weighted by Crippen LogP contribution is 2.34. The predicted octanol–water partition coefficient (Wildman–Crippen LogP) is 4.92. The third-order valence-electron chi connectivity index (χ3n) is 5.74. The number of pyridine rings is 3. The third-order valence-corrected chi connectivity index (χ3v) is 5.94. The molecule has 172 valence electrons. The fraction of sp³-hybridized carbons (Fsp3) is 0.208. The minimum absolute atomic E-state index is 0.0164. The van der Waals surface area contributed by atoms with Crippen LogP contribution in [0.2, 0.25) is 5.02 Å². The van der Waals surface area contributed by atoms with Crippen LogP contribution >= 0.6 is 11.6 Å². The maximum Gasteiger partial charge on any atom is 0.305 e. The SMILES string of the molecule is CC(C)(c1ccccn1)[C@H](CC(=O)O)Nc1nc(-c2c[nH]c3ncc(Cl)cc23)c(C#N)cc1F. The van der Waals surface area contributed by atoms with Gasteiger partial charge in [0.1, 0.15) is 11.7 Å². The summed E-state index contributed by atoms with van der Waals surface area (Å²) in [6.45, 7) is 3.65. The Morgan fingerprint density at radius 3 is 2.82 bits per heavy atom. The van der Waals surface area contributed by atoms with E-state index in [0.29, 0.717) is 27.3 Å². The summed E-state index contributed by atoms with van der Waals surface area (Å²) in [6, 6.07) is 9.31. The van der Waals surface area contributed by atoms with E-state index in [-0.39, 0.29) is 23.5 Å². The zero-order valence-corrected chi connectivity index (χ0v) is 19.1. The van der Waals surface area contributed by atoms with Crippen LogP contribution in [0.15, 0.2) is 48.9 Å². The van der Waals surface area contributed by atoms with Crippen LogP contribution in [0.25, 0.3) is 22.3 Å². The van der Waals surface area contributed by atoms with Crippen molar-refractivity contribution < 1.29 is 14.3 Å². The molecule has 0 bridgehead atoms. The molecule has 0 aliphatic rings. The second-order valence-corrected chi connectivity index (χ2v) is 8.75. The zero-order valence-electron chi connectivity index (χ0n) is 18.3. The van der Waals surface area contributed by atoms with Gasteiger partial charge in [-0.1, -0.05) is 31.5 Å². The molecule has 4 rings (SSSR count). The molecule has 0 saturated heterocycles. The number of halogens is 2. The van der Waals surface area contributed by atoms with Crippen molar-refractivity contribution in [3.8, 4) is 17.3 Å². The summed E-state index contributed by atoms with van der Waals surface area (Å²) < 4.78 is 15.0. The maximum atomic E-state index is 15.0. The molecule has 1 atom stereocenters. The lowest BCUT2D eigenvalue weighted by Gasteiger charge is -2.34. The first-order chi connectivity index (χ1) is 16.2. The molecule has 0 radical (unpaired) electrons. The molecule has 4 aromatic rings. The first-order valence-corrected chi connectivity index (χ1v) is 10.7. The molecule has 0 aliphatic carbocycles. The summed E-state index contributed by atoms with van der Waals surface area (Å²) in [6.07, 6.45) is 4.40. The Morgan fingerprint density at radius 2 is 2.15 bits per heavy atom. The first-order valence-electron chi connectivity index (χ1n) is 10.3. The van der Waals surface area contributed by atoms with Gasteiger partial charge in [-0.3, -0.25) is 9.78 Å². The van der Waals surface area contributed by atoms with Gasteiger partial charge >= 0.3 is 5.97 Å². The number of aliphatic carboxylic acids is 1. The molecule has 10 heteroatoms. The second kappa shape index (κ2) is 9.08. The number of hydrogen-bond donors (Lipinski definition) is 3. The summed E-state index contributed by atoms with van der Waals surface area (Å²) in [5.41, 5.74) is 1.13. The van der Waals surface area contributed by atoms with E-state index in [1.54, 1.807) is 36.7 Å². The number of H-pyrrole nitrogens is 1. The first kappa shape index (κ1) is 23.1. The van der Waals surface area contributed by atoms with Crippen molar-refractivity contribution in [2.75, 3.05) is 5.32 Å². The summed E-state index contributed by atoms with van der Waals surface area (Å²) in [7, 11) is 0. The summed E-state index contributed by atoms with van der Waals surface area (Å²) >= 11 is 6.10. The average Bonchev–Trinajstić information content (AvgIpc) is 3.22. The van der Waals surface area contributed by atoms with Crippen LogP contribution in [0.4, 0.5) is 10.2 Å². The van der Waals surface area contributed by atoms with Gasteiger partial charge in [0.15, 0.2) is 11.6 Å². The Kier molecular flexibility index (Phi) is 6.18.